The molecule has 0 saturated heterocycles. The molecule has 90 valence electrons. The average molecular weight is 244 g/mol. The number of nitrogens with one attached hydrogen (secondary N) is 1. The first kappa shape index (κ1) is 12.9. The van der Waals surface area contributed by atoms with E-state index in [-0.39, 0.29) is 10.9 Å². The van der Waals surface area contributed by atoms with Gasteiger partial charge in [0.2, 0.25) is 10.1 Å². The summed E-state index contributed by atoms with van der Waals surface area (Å²) in [6.07, 6.45) is 0. The van der Waals surface area contributed by atoms with E-state index in [1.807, 2.05) is 0 Å². The first-order chi connectivity index (χ1) is 7.59. The number of hydrogen-bond acceptors (Lipinski definition) is 6. The summed E-state index contributed by atoms with van der Waals surface area (Å²) in [6, 6.07) is 0. The van der Waals surface area contributed by atoms with Gasteiger partial charge >= 0.3 is 0 Å². The van der Waals surface area contributed by atoms with Gasteiger partial charge in [-0.15, -0.1) is 10.2 Å². The Morgan fingerprint density at radius 1 is 1.56 bits per heavy atom. The van der Waals surface area contributed by atoms with E-state index in [0.29, 0.717) is 30.8 Å². The molecule has 3 N–H and O–H groups in total. The topological polar surface area (TPSA) is 90.1 Å². The standard InChI is InChI=1S/C9H16N4O2S/c1-6(2)5-15-4-3-11-7(14)8-12-13-9(10)16-8/h6H,3-5H2,1-2H3,(H2,10,13)(H,11,14). The van der Waals surface area contributed by atoms with Crippen molar-refractivity contribution < 1.29 is 9.53 Å². The maximum Gasteiger partial charge on any atom is 0.282 e. The molecule has 0 unspecified atom stereocenters. The van der Waals surface area contributed by atoms with Gasteiger partial charge in [0.15, 0.2) is 0 Å². The van der Waals surface area contributed by atoms with Crippen molar-refractivity contribution in [3.05, 3.63) is 5.01 Å². The maximum atomic E-state index is 11.4. The van der Waals surface area contributed by atoms with Gasteiger partial charge in [0.05, 0.1) is 6.61 Å². The molecule has 1 aromatic rings. The summed E-state index contributed by atoms with van der Waals surface area (Å²) in [5, 5.41) is 10.4. The van der Waals surface area contributed by atoms with Crippen LogP contribution in [0.25, 0.3) is 0 Å². The molecule has 0 radical (unpaired) electrons. The summed E-state index contributed by atoms with van der Waals surface area (Å²) in [5.74, 6) is 0.237. The Hall–Kier alpha value is -1.21. The number of amides is 1. The molecule has 6 nitrogen and oxygen atoms in total. The first-order valence-electron chi connectivity index (χ1n) is 5.04. The summed E-state index contributed by atoms with van der Waals surface area (Å²) < 4.78 is 5.31. The number of nitrogens with zero attached hydrogens (tertiary/aromatic N) is 2. The Morgan fingerprint density at radius 3 is 2.88 bits per heavy atom. The Morgan fingerprint density at radius 2 is 2.31 bits per heavy atom. The van der Waals surface area contributed by atoms with Crippen LogP contribution in [0, 0.1) is 5.92 Å². The zero-order valence-electron chi connectivity index (χ0n) is 9.40. The van der Waals surface area contributed by atoms with Crippen LogP contribution < -0.4 is 11.1 Å². The van der Waals surface area contributed by atoms with Crippen molar-refractivity contribution in [2.24, 2.45) is 5.92 Å². The molecule has 0 aromatic carbocycles. The minimum atomic E-state index is -0.262. The van der Waals surface area contributed by atoms with Crippen molar-refractivity contribution >= 4 is 22.4 Å². The monoisotopic (exact) mass is 244 g/mol. The molecule has 0 saturated carbocycles. The lowest BCUT2D eigenvalue weighted by Crippen LogP contribution is -2.27. The number of ether oxygens (including phenoxy) is 1. The van der Waals surface area contributed by atoms with Crippen molar-refractivity contribution in [3.63, 3.8) is 0 Å². The van der Waals surface area contributed by atoms with E-state index in [0.717, 1.165) is 11.3 Å². The zero-order chi connectivity index (χ0) is 12.0. The second-order valence-electron chi connectivity index (χ2n) is 3.67. The van der Waals surface area contributed by atoms with E-state index < -0.39 is 0 Å². The maximum absolute atomic E-state index is 11.4. The third kappa shape index (κ3) is 4.54. The summed E-state index contributed by atoms with van der Waals surface area (Å²) in [7, 11) is 0. The van der Waals surface area contributed by atoms with Gasteiger partial charge in [0, 0.05) is 13.2 Å². The van der Waals surface area contributed by atoms with Crippen molar-refractivity contribution in [2.45, 2.75) is 13.8 Å². The molecule has 0 aliphatic carbocycles. The van der Waals surface area contributed by atoms with Crippen LogP contribution in [-0.2, 0) is 4.74 Å². The van der Waals surface area contributed by atoms with Gasteiger partial charge in [0.1, 0.15) is 0 Å². The fraction of sp³-hybridized carbons (Fsp3) is 0.667. The molecular weight excluding hydrogens is 228 g/mol. The van der Waals surface area contributed by atoms with E-state index in [2.05, 4.69) is 29.4 Å². The highest BCUT2D eigenvalue weighted by Crippen LogP contribution is 2.09. The molecular formula is C9H16N4O2S. The van der Waals surface area contributed by atoms with Crippen molar-refractivity contribution in [1.82, 2.24) is 15.5 Å². The SMILES string of the molecule is CC(C)COCCNC(=O)c1nnc(N)s1. The van der Waals surface area contributed by atoms with E-state index >= 15 is 0 Å². The largest absolute Gasteiger partial charge is 0.379 e. The molecule has 16 heavy (non-hydrogen) atoms. The van der Waals surface area contributed by atoms with Crippen LogP contribution in [0.1, 0.15) is 23.6 Å². The molecule has 0 aliphatic rings. The van der Waals surface area contributed by atoms with Gasteiger partial charge in [-0.25, -0.2) is 0 Å². The lowest BCUT2D eigenvalue weighted by atomic mass is 10.2. The van der Waals surface area contributed by atoms with Crippen LogP contribution in [0.3, 0.4) is 0 Å². The quantitative estimate of drug-likeness (QED) is 0.712. The molecule has 1 heterocycles. The first-order valence-corrected chi connectivity index (χ1v) is 5.86. The number of aromatic nitrogens is 2. The minimum absolute atomic E-state index is 0.262. The highest BCUT2D eigenvalue weighted by atomic mass is 32.1. The van der Waals surface area contributed by atoms with Gasteiger partial charge in [-0.1, -0.05) is 25.2 Å². The normalized spacial score (nSPS) is 10.7. The molecule has 0 bridgehead atoms. The number of anilines is 1. The second-order valence-corrected chi connectivity index (χ2v) is 4.68. The van der Waals surface area contributed by atoms with Crippen LogP contribution in [0.15, 0.2) is 0 Å². The Balaban J connectivity index is 2.16. The molecule has 1 amide bonds. The van der Waals surface area contributed by atoms with Gasteiger partial charge in [-0.05, 0) is 5.92 Å². The van der Waals surface area contributed by atoms with Crippen LogP contribution in [-0.4, -0.2) is 35.9 Å². The van der Waals surface area contributed by atoms with E-state index in [1.165, 1.54) is 0 Å². The Kier molecular flexibility index (Phi) is 5.13. The molecule has 0 spiro atoms. The van der Waals surface area contributed by atoms with E-state index in [9.17, 15) is 4.79 Å². The third-order valence-electron chi connectivity index (χ3n) is 1.62. The number of hydrogen-bond donors (Lipinski definition) is 2. The Bertz CT molecular complexity index is 340. The van der Waals surface area contributed by atoms with E-state index in [4.69, 9.17) is 10.5 Å². The minimum Gasteiger partial charge on any atom is -0.379 e. The van der Waals surface area contributed by atoms with Crippen LogP contribution in [0.5, 0.6) is 0 Å². The molecule has 1 rings (SSSR count). The fourth-order valence-electron chi connectivity index (χ4n) is 0.958. The lowest BCUT2D eigenvalue weighted by molar-refractivity contribution is 0.0885. The lowest BCUT2D eigenvalue weighted by Gasteiger charge is -2.06. The summed E-state index contributed by atoms with van der Waals surface area (Å²) in [6.45, 7) is 5.80. The van der Waals surface area contributed by atoms with Crippen LogP contribution in [0.2, 0.25) is 0 Å². The van der Waals surface area contributed by atoms with Gasteiger partial charge < -0.3 is 15.8 Å². The van der Waals surface area contributed by atoms with Gasteiger partial charge in [-0.3, -0.25) is 4.79 Å². The summed E-state index contributed by atoms with van der Waals surface area (Å²) in [5.41, 5.74) is 5.37. The number of carbonyl (C=O) groups is 1. The Labute approximate surface area is 98.2 Å². The molecule has 0 atom stereocenters. The highest BCUT2D eigenvalue weighted by Gasteiger charge is 2.10. The molecule has 7 heteroatoms. The molecule has 0 fully saturated rings. The zero-order valence-corrected chi connectivity index (χ0v) is 10.2. The van der Waals surface area contributed by atoms with Gasteiger partial charge in [-0.2, -0.15) is 0 Å². The predicted molar refractivity (Wildman–Crippen MR) is 62.3 cm³/mol. The third-order valence-corrected chi connectivity index (χ3v) is 2.37. The number of nitrogen functional groups attached to an aromatic ring is 1. The second kappa shape index (κ2) is 6.39. The summed E-state index contributed by atoms with van der Waals surface area (Å²) in [4.78, 5) is 11.4. The summed E-state index contributed by atoms with van der Waals surface area (Å²) >= 11 is 1.07. The fourth-order valence-corrected chi connectivity index (χ4v) is 1.48. The molecule has 1 aromatic heterocycles. The highest BCUT2D eigenvalue weighted by molar-refractivity contribution is 7.16. The van der Waals surface area contributed by atoms with Crippen LogP contribution >= 0.6 is 11.3 Å². The molecule has 0 aliphatic heterocycles. The van der Waals surface area contributed by atoms with Crippen molar-refractivity contribution in [1.29, 1.82) is 0 Å². The van der Waals surface area contributed by atoms with Crippen LogP contribution in [0.4, 0.5) is 5.13 Å². The van der Waals surface area contributed by atoms with Gasteiger partial charge in [0.25, 0.3) is 5.91 Å². The van der Waals surface area contributed by atoms with Crippen molar-refractivity contribution in [2.75, 3.05) is 25.5 Å². The number of carbonyl (C=O) groups excluding carboxylic acids is 1. The van der Waals surface area contributed by atoms with E-state index in [1.54, 1.807) is 0 Å². The van der Waals surface area contributed by atoms with Crippen molar-refractivity contribution in [3.8, 4) is 0 Å². The number of rotatable bonds is 6. The smallest absolute Gasteiger partial charge is 0.282 e. The predicted octanol–water partition coefficient (Wildman–Crippen LogP) is 0.523. The number of nitrogens with two attached hydrogens (primary N) is 1. The average Bonchev–Trinajstić information content (AvgIpc) is 2.63.